The first-order chi connectivity index (χ1) is 25.8. The lowest BCUT2D eigenvalue weighted by molar-refractivity contribution is 1.18. The quantitative estimate of drug-likeness (QED) is 0.161. The number of aromatic nitrogens is 1. The SMILES string of the molecule is c1ccc(-c2ccc3c(N(c4ccccc4)c4ccc5c(c4)c4ccccc4n5-c4ccccc4)c4cc(-c5ccccc5)ccc4cc3c2)cc1. The molecule has 2 heteroatoms. The van der Waals surface area contributed by atoms with Crippen LogP contribution in [-0.4, -0.2) is 4.57 Å². The van der Waals surface area contributed by atoms with E-state index in [9.17, 15) is 0 Å². The highest BCUT2D eigenvalue weighted by atomic mass is 15.1. The number of para-hydroxylation sites is 3. The molecule has 0 atom stereocenters. The van der Waals surface area contributed by atoms with Gasteiger partial charge in [-0.3, -0.25) is 0 Å². The van der Waals surface area contributed by atoms with Gasteiger partial charge < -0.3 is 9.47 Å². The molecule has 0 aliphatic rings. The summed E-state index contributed by atoms with van der Waals surface area (Å²) in [7, 11) is 0. The summed E-state index contributed by atoms with van der Waals surface area (Å²) in [6.45, 7) is 0. The van der Waals surface area contributed by atoms with Crippen molar-refractivity contribution in [2.45, 2.75) is 0 Å². The molecule has 0 saturated heterocycles. The second kappa shape index (κ2) is 12.5. The smallest absolute Gasteiger partial charge is 0.0618 e. The Morgan fingerprint density at radius 2 is 0.904 bits per heavy atom. The number of nitrogens with zero attached hydrogens (tertiary/aromatic N) is 2. The normalized spacial score (nSPS) is 11.5. The van der Waals surface area contributed by atoms with Gasteiger partial charge in [0.15, 0.2) is 0 Å². The number of hydrogen-bond donors (Lipinski definition) is 0. The minimum atomic E-state index is 1.11. The highest BCUT2D eigenvalue weighted by molar-refractivity contribution is 6.17. The monoisotopic (exact) mass is 662 g/mol. The van der Waals surface area contributed by atoms with Gasteiger partial charge >= 0.3 is 0 Å². The van der Waals surface area contributed by atoms with Gasteiger partial charge in [0.25, 0.3) is 0 Å². The Labute approximate surface area is 303 Å². The van der Waals surface area contributed by atoms with Crippen molar-refractivity contribution < 1.29 is 0 Å². The van der Waals surface area contributed by atoms with E-state index >= 15 is 0 Å². The lowest BCUT2D eigenvalue weighted by Crippen LogP contribution is -2.11. The largest absolute Gasteiger partial charge is 0.309 e. The van der Waals surface area contributed by atoms with Gasteiger partial charge in [-0.05, 0) is 99.8 Å². The van der Waals surface area contributed by atoms with Gasteiger partial charge in [-0.25, -0.2) is 0 Å². The van der Waals surface area contributed by atoms with E-state index in [1.807, 2.05) is 0 Å². The minimum Gasteiger partial charge on any atom is -0.309 e. The lowest BCUT2D eigenvalue weighted by atomic mass is 9.93. The molecular formula is C50H34N2. The van der Waals surface area contributed by atoms with Gasteiger partial charge in [0.1, 0.15) is 0 Å². The molecule has 1 aromatic heterocycles. The number of anilines is 3. The summed E-state index contributed by atoms with van der Waals surface area (Å²) in [5.41, 5.74) is 11.8. The molecule has 10 rings (SSSR count). The minimum absolute atomic E-state index is 1.11. The highest BCUT2D eigenvalue weighted by Crippen LogP contribution is 2.47. The van der Waals surface area contributed by atoms with E-state index in [0.717, 1.165) is 17.1 Å². The van der Waals surface area contributed by atoms with Crippen LogP contribution in [0.5, 0.6) is 0 Å². The van der Waals surface area contributed by atoms with Crippen molar-refractivity contribution in [2.24, 2.45) is 0 Å². The molecule has 244 valence electrons. The van der Waals surface area contributed by atoms with Crippen LogP contribution in [-0.2, 0) is 0 Å². The standard InChI is InChI=1S/C50H34N2/c1-5-15-35(16-6-1)37-27-29-44-40(31-37)32-39-26-25-38(36-17-7-2-8-18-36)33-46(39)50(44)51(41-19-9-3-10-20-41)43-28-30-49-47(34-43)45-23-13-14-24-48(45)52(49)42-21-11-4-12-22-42/h1-34H. The first-order valence-corrected chi connectivity index (χ1v) is 17.9. The van der Waals surface area contributed by atoms with Gasteiger partial charge in [0, 0.05) is 38.6 Å². The maximum Gasteiger partial charge on any atom is 0.0618 e. The summed E-state index contributed by atoms with van der Waals surface area (Å²) in [4.78, 5) is 2.47. The molecule has 0 fully saturated rings. The molecule has 0 N–H and O–H groups in total. The molecule has 0 bridgehead atoms. The molecule has 9 aromatic carbocycles. The molecule has 0 saturated carbocycles. The Hall–Kier alpha value is -6.90. The van der Waals surface area contributed by atoms with Crippen molar-refractivity contribution in [2.75, 3.05) is 4.90 Å². The number of fused-ring (bicyclic) bond motifs is 5. The molecule has 0 aliphatic heterocycles. The topological polar surface area (TPSA) is 8.17 Å². The van der Waals surface area contributed by atoms with Crippen LogP contribution in [0.4, 0.5) is 17.1 Å². The molecule has 0 spiro atoms. The first kappa shape index (κ1) is 30.0. The molecular weight excluding hydrogens is 629 g/mol. The van der Waals surface area contributed by atoms with Gasteiger partial charge in [-0.15, -0.1) is 0 Å². The van der Waals surface area contributed by atoms with Gasteiger partial charge in [-0.2, -0.15) is 0 Å². The second-order valence-corrected chi connectivity index (χ2v) is 13.4. The van der Waals surface area contributed by atoms with E-state index < -0.39 is 0 Å². The Balaban J connectivity index is 1.28. The lowest BCUT2D eigenvalue weighted by Gasteiger charge is -2.29. The number of benzene rings is 9. The molecule has 0 amide bonds. The second-order valence-electron chi connectivity index (χ2n) is 13.4. The van der Waals surface area contributed by atoms with Crippen LogP contribution in [0.3, 0.4) is 0 Å². The molecule has 0 unspecified atom stereocenters. The molecule has 52 heavy (non-hydrogen) atoms. The maximum atomic E-state index is 2.47. The third-order valence-corrected chi connectivity index (χ3v) is 10.3. The Bertz CT molecular complexity index is 2870. The molecule has 0 aliphatic carbocycles. The fourth-order valence-corrected chi connectivity index (χ4v) is 7.90. The van der Waals surface area contributed by atoms with Crippen molar-refractivity contribution in [3.63, 3.8) is 0 Å². The van der Waals surface area contributed by atoms with Gasteiger partial charge in [0.2, 0.25) is 0 Å². The zero-order valence-electron chi connectivity index (χ0n) is 28.5. The number of rotatable bonds is 6. The summed E-state index contributed by atoms with van der Waals surface area (Å²) in [6.07, 6.45) is 0. The fourth-order valence-electron chi connectivity index (χ4n) is 7.90. The van der Waals surface area contributed by atoms with Crippen LogP contribution in [0.2, 0.25) is 0 Å². The third-order valence-electron chi connectivity index (χ3n) is 10.3. The van der Waals surface area contributed by atoms with E-state index in [-0.39, 0.29) is 0 Å². The predicted octanol–water partition coefficient (Wildman–Crippen LogP) is 13.9. The molecule has 10 aromatic rings. The van der Waals surface area contributed by atoms with E-state index in [1.165, 1.54) is 71.3 Å². The summed E-state index contributed by atoms with van der Waals surface area (Å²) in [6, 6.07) is 74.8. The predicted molar refractivity (Wildman–Crippen MR) is 221 cm³/mol. The Kier molecular flexibility index (Phi) is 7.18. The molecule has 1 heterocycles. The van der Waals surface area contributed by atoms with Crippen molar-refractivity contribution >= 4 is 60.4 Å². The van der Waals surface area contributed by atoms with Crippen molar-refractivity contribution in [1.29, 1.82) is 0 Å². The third kappa shape index (κ3) is 5.04. The average Bonchev–Trinajstić information content (AvgIpc) is 3.55. The Morgan fingerprint density at radius 3 is 1.63 bits per heavy atom. The van der Waals surface area contributed by atoms with Crippen molar-refractivity contribution in [1.82, 2.24) is 4.57 Å². The van der Waals surface area contributed by atoms with Crippen LogP contribution >= 0.6 is 0 Å². The summed E-state index contributed by atoms with van der Waals surface area (Å²) in [5, 5.41) is 7.27. The fraction of sp³-hybridized carbons (Fsp3) is 0. The van der Waals surface area contributed by atoms with Crippen molar-refractivity contribution in [3.05, 3.63) is 206 Å². The summed E-state index contributed by atoms with van der Waals surface area (Å²) in [5.74, 6) is 0. The van der Waals surface area contributed by atoms with Crippen LogP contribution in [0, 0.1) is 0 Å². The van der Waals surface area contributed by atoms with Crippen LogP contribution < -0.4 is 4.90 Å². The molecule has 2 nitrogen and oxygen atoms in total. The van der Waals surface area contributed by atoms with Gasteiger partial charge in [0.05, 0.1) is 16.7 Å². The van der Waals surface area contributed by atoms with E-state index in [2.05, 4.69) is 216 Å². The van der Waals surface area contributed by atoms with Crippen LogP contribution in [0.25, 0.3) is 71.3 Å². The summed E-state index contributed by atoms with van der Waals surface area (Å²) >= 11 is 0. The first-order valence-electron chi connectivity index (χ1n) is 17.9. The highest BCUT2D eigenvalue weighted by Gasteiger charge is 2.22. The maximum absolute atomic E-state index is 2.47. The van der Waals surface area contributed by atoms with Crippen LogP contribution in [0.1, 0.15) is 0 Å². The van der Waals surface area contributed by atoms with Crippen molar-refractivity contribution in [3.8, 4) is 27.9 Å². The summed E-state index contributed by atoms with van der Waals surface area (Å²) < 4.78 is 2.38. The number of hydrogen-bond acceptors (Lipinski definition) is 1. The zero-order valence-corrected chi connectivity index (χ0v) is 28.5. The zero-order chi connectivity index (χ0) is 34.4. The van der Waals surface area contributed by atoms with Gasteiger partial charge in [-0.1, -0.05) is 140 Å². The van der Waals surface area contributed by atoms with E-state index in [4.69, 9.17) is 0 Å². The van der Waals surface area contributed by atoms with Crippen LogP contribution in [0.15, 0.2) is 206 Å². The van der Waals surface area contributed by atoms with E-state index in [1.54, 1.807) is 0 Å². The Morgan fingerprint density at radius 1 is 0.308 bits per heavy atom. The molecule has 0 radical (unpaired) electrons. The average molecular weight is 663 g/mol. The van der Waals surface area contributed by atoms with E-state index in [0.29, 0.717) is 0 Å².